The topological polar surface area (TPSA) is 87.8 Å². The first-order valence-electron chi connectivity index (χ1n) is 12.0. The smallest absolute Gasteiger partial charge is 0.257 e. The molecule has 0 saturated carbocycles. The lowest BCUT2D eigenvalue weighted by atomic mass is 9.97. The van der Waals surface area contributed by atoms with Gasteiger partial charge in [-0.1, -0.05) is 24.3 Å². The van der Waals surface area contributed by atoms with E-state index >= 15 is 0 Å². The standard InChI is InChI=1S/C26H30N4O4/c31-25-9-4-10-29(25)12-14-34-24-8-2-1-6-21(24)26(32)30-11-13-33-18-19(17-30)15-20-5-3-7-23-22(20)16-27-28-23/h1-3,5-8,16,19H,4,9-15,17-18H2,(H,27,28). The predicted octanol–water partition coefficient (Wildman–Crippen LogP) is 2.90. The molecule has 2 aromatic carbocycles. The van der Waals surface area contributed by atoms with E-state index in [0.29, 0.717) is 57.2 Å². The molecule has 3 aromatic rings. The summed E-state index contributed by atoms with van der Waals surface area (Å²) in [6, 6.07) is 13.5. The van der Waals surface area contributed by atoms with Crippen LogP contribution < -0.4 is 4.74 Å². The van der Waals surface area contributed by atoms with E-state index < -0.39 is 0 Å². The van der Waals surface area contributed by atoms with Crippen molar-refractivity contribution < 1.29 is 19.1 Å². The van der Waals surface area contributed by atoms with Gasteiger partial charge in [0.15, 0.2) is 0 Å². The highest BCUT2D eigenvalue weighted by Crippen LogP contribution is 2.24. The van der Waals surface area contributed by atoms with Crippen molar-refractivity contribution in [1.29, 1.82) is 0 Å². The summed E-state index contributed by atoms with van der Waals surface area (Å²) < 4.78 is 11.8. The van der Waals surface area contributed by atoms with Crippen molar-refractivity contribution in [2.24, 2.45) is 5.92 Å². The number of rotatable bonds is 7. The fourth-order valence-corrected chi connectivity index (χ4v) is 4.85. The molecule has 2 fully saturated rings. The number of fused-ring (bicyclic) bond motifs is 1. The lowest BCUT2D eigenvalue weighted by Crippen LogP contribution is -2.36. The van der Waals surface area contributed by atoms with E-state index in [1.54, 1.807) is 0 Å². The molecule has 3 heterocycles. The van der Waals surface area contributed by atoms with Gasteiger partial charge >= 0.3 is 0 Å². The van der Waals surface area contributed by atoms with E-state index in [1.807, 2.05) is 52.4 Å². The normalized spacial score (nSPS) is 18.9. The summed E-state index contributed by atoms with van der Waals surface area (Å²) in [4.78, 5) is 29.1. The Morgan fingerprint density at radius 1 is 1.18 bits per heavy atom. The van der Waals surface area contributed by atoms with Crippen molar-refractivity contribution in [1.82, 2.24) is 20.0 Å². The molecule has 1 unspecified atom stereocenters. The van der Waals surface area contributed by atoms with Crippen LogP contribution in [0.5, 0.6) is 5.75 Å². The molecule has 0 bridgehead atoms. The lowest BCUT2D eigenvalue weighted by molar-refractivity contribution is -0.128. The monoisotopic (exact) mass is 462 g/mol. The minimum atomic E-state index is -0.0510. The summed E-state index contributed by atoms with van der Waals surface area (Å²) >= 11 is 0. The molecule has 1 aromatic heterocycles. The highest BCUT2D eigenvalue weighted by molar-refractivity contribution is 5.97. The zero-order valence-corrected chi connectivity index (χ0v) is 19.2. The number of H-pyrrole nitrogens is 1. The predicted molar refractivity (Wildman–Crippen MR) is 128 cm³/mol. The van der Waals surface area contributed by atoms with Gasteiger partial charge in [0.25, 0.3) is 5.91 Å². The fourth-order valence-electron chi connectivity index (χ4n) is 4.85. The Hall–Kier alpha value is -3.39. The number of nitrogens with one attached hydrogen (secondary N) is 1. The Morgan fingerprint density at radius 2 is 2.09 bits per heavy atom. The highest BCUT2D eigenvalue weighted by atomic mass is 16.5. The second kappa shape index (κ2) is 10.3. The molecule has 34 heavy (non-hydrogen) atoms. The zero-order chi connectivity index (χ0) is 23.3. The molecule has 2 aliphatic heterocycles. The van der Waals surface area contributed by atoms with Crippen LogP contribution in [0.3, 0.4) is 0 Å². The van der Waals surface area contributed by atoms with Gasteiger partial charge in [-0.3, -0.25) is 14.7 Å². The van der Waals surface area contributed by atoms with Crippen molar-refractivity contribution in [3.8, 4) is 5.75 Å². The number of carbonyl (C=O) groups is 2. The molecule has 0 spiro atoms. The number of nitrogens with zero attached hydrogens (tertiary/aromatic N) is 3. The molecule has 0 radical (unpaired) electrons. The number of benzene rings is 2. The molecule has 0 aliphatic carbocycles. The van der Waals surface area contributed by atoms with Crippen LogP contribution in [0, 0.1) is 5.92 Å². The largest absolute Gasteiger partial charge is 0.491 e. The average molecular weight is 463 g/mol. The van der Waals surface area contributed by atoms with Crippen molar-refractivity contribution in [2.45, 2.75) is 19.3 Å². The van der Waals surface area contributed by atoms with Gasteiger partial charge in [-0.15, -0.1) is 0 Å². The van der Waals surface area contributed by atoms with Gasteiger partial charge in [-0.2, -0.15) is 5.10 Å². The van der Waals surface area contributed by atoms with Crippen LogP contribution >= 0.6 is 0 Å². The van der Waals surface area contributed by atoms with Crippen LogP contribution in [0.15, 0.2) is 48.7 Å². The maximum Gasteiger partial charge on any atom is 0.257 e. The van der Waals surface area contributed by atoms with Gasteiger partial charge in [0.05, 0.1) is 37.0 Å². The number of hydrogen-bond acceptors (Lipinski definition) is 5. The Morgan fingerprint density at radius 3 is 2.97 bits per heavy atom. The summed E-state index contributed by atoms with van der Waals surface area (Å²) in [7, 11) is 0. The summed E-state index contributed by atoms with van der Waals surface area (Å²) in [5, 5.41) is 8.29. The zero-order valence-electron chi connectivity index (χ0n) is 19.2. The first-order chi connectivity index (χ1) is 16.7. The third-order valence-corrected chi connectivity index (χ3v) is 6.62. The van der Waals surface area contributed by atoms with E-state index in [-0.39, 0.29) is 17.7 Å². The SMILES string of the molecule is O=C1CCCN1CCOc1ccccc1C(=O)N1CCOCC(Cc2cccc3[nH]ncc23)C1. The number of ether oxygens (including phenoxy) is 2. The molecular weight excluding hydrogens is 432 g/mol. The summed E-state index contributed by atoms with van der Waals surface area (Å²) in [6.45, 7) is 3.98. The summed E-state index contributed by atoms with van der Waals surface area (Å²) in [5.41, 5.74) is 2.77. The van der Waals surface area contributed by atoms with Crippen LogP contribution in [0.2, 0.25) is 0 Å². The number of hydrogen-bond donors (Lipinski definition) is 1. The molecule has 2 aliphatic rings. The van der Waals surface area contributed by atoms with E-state index in [2.05, 4.69) is 16.3 Å². The number of aromatic nitrogens is 2. The number of likely N-dealkylation sites (tertiary alicyclic amines) is 1. The molecule has 178 valence electrons. The van der Waals surface area contributed by atoms with Crippen molar-refractivity contribution in [2.75, 3.05) is 46.0 Å². The number of amides is 2. The molecule has 5 rings (SSSR count). The average Bonchev–Trinajstić information content (AvgIpc) is 3.43. The molecular formula is C26H30N4O4. The van der Waals surface area contributed by atoms with Crippen molar-refractivity contribution in [3.05, 3.63) is 59.8 Å². The molecule has 8 nitrogen and oxygen atoms in total. The first kappa shape index (κ1) is 22.4. The fraction of sp³-hybridized carbons (Fsp3) is 0.423. The van der Waals surface area contributed by atoms with Gasteiger partial charge in [0.1, 0.15) is 12.4 Å². The minimum Gasteiger partial charge on any atom is -0.491 e. The Bertz CT molecular complexity index is 1160. The second-order valence-corrected chi connectivity index (χ2v) is 8.97. The van der Waals surface area contributed by atoms with Crippen LogP contribution in [0.1, 0.15) is 28.8 Å². The van der Waals surface area contributed by atoms with Gasteiger partial charge in [0, 0.05) is 37.4 Å². The van der Waals surface area contributed by atoms with Crippen LogP contribution in [0.25, 0.3) is 10.9 Å². The van der Waals surface area contributed by atoms with Crippen LogP contribution in [-0.4, -0.2) is 77.8 Å². The third-order valence-electron chi connectivity index (χ3n) is 6.62. The van der Waals surface area contributed by atoms with Crippen LogP contribution in [-0.2, 0) is 16.0 Å². The number of aromatic amines is 1. The minimum absolute atomic E-state index is 0.0510. The Balaban J connectivity index is 1.26. The second-order valence-electron chi connectivity index (χ2n) is 8.97. The third kappa shape index (κ3) is 4.92. The van der Waals surface area contributed by atoms with E-state index in [1.165, 1.54) is 5.56 Å². The van der Waals surface area contributed by atoms with Gasteiger partial charge in [-0.25, -0.2) is 0 Å². The number of para-hydroxylation sites is 1. The number of carbonyl (C=O) groups excluding carboxylic acids is 2. The van der Waals surface area contributed by atoms with Crippen molar-refractivity contribution >= 4 is 22.7 Å². The van der Waals surface area contributed by atoms with Crippen molar-refractivity contribution in [3.63, 3.8) is 0 Å². The highest BCUT2D eigenvalue weighted by Gasteiger charge is 2.26. The van der Waals surface area contributed by atoms with E-state index in [9.17, 15) is 9.59 Å². The maximum absolute atomic E-state index is 13.5. The quantitative estimate of drug-likeness (QED) is 0.583. The van der Waals surface area contributed by atoms with E-state index in [4.69, 9.17) is 9.47 Å². The van der Waals surface area contributed by atoms with Crippen LogP contribution in [0.4, 0.5) is 0 Å². The molecule has 2 amide bonds. The summed E-state index contributed by atoms with van der Waals surface area (Å²) in [5.74, 6) is 0.866. The molecule has 8 heteroatoms. The Kier molecular flexibility index (Phi) is 6.76. The Labute approximate surface area is 198 Å². The van der Waals surface area contributed by atoms with Gasteiger partial charge < -0.3 is 19.3 Å². The maximum atomic E-state index is 13.5. The molecule has 1 N–H and O–H groups in total. The first-order valence-corrected chi connectivity index (χ1v) is 12.0. The molecule has 1 atom stereocenters. The van der Waals surface area contributed by atoms with Gasteiger partial charge in [0.2, 0.25) is 5.91 Å². The van der Waals surface area contributed by atoms with E-state index in [0.717, 1.165) is 30.3 Å². The van der Waals surface area contributed by atoms with Gasteiger partial charge in [-0.05, 0) is 36.6 Å². The lowest BCUT2D eigenvalue weighted by Gasteiger charge is -2.25. The summed E-state index contributed by atoms with van der Waals surface area (Å²) in [6.07, 6.45) is 4.18. The molecule has 2 saturated heterocycles.